The molecule has 0 aliphatic rings. The van der Waals surface area contributed by atoms with E-state index >= 15 is 0 Å². The normalized spacial score (nSPS) is 12.6. The lowest BCUT2D eigenvalue weighted by Gasteiger charge is -2.15. The molecule has 2 aromatic rings. The van der Waals surface area contributed by atoms with Crippen LogP contribution in [0.4, 0.5) is 5.69 Å². The average Bonchev–Trinajstić information content (AvgIpc) is 3.04. The van der Waals surface area contributed by atoms with Gasteiger partial charge in [-0.2, -0.15) is 0 Å². The first kappa shape index (κ1) is 17.2. The summed E-state index contributed by atoms with van der Waals surface area (Å²) in [4.78, 5) is 19.0. The third kappa shape index (κ3) is 3.96. The number of rotatable bonds is 6. The highest BCUT2D eigenvalue weighted by atomic mass is 32.1. The van der Waals surface area contributed by atoms with E-state index in [2.05, 4.69) is 36.5 Å². The molecule has 1 atom stereocenters. The molecule has 1 N–H and O–H groups in total. The molecule has 0 radical (unpaired) electrons. The molecule has 0 saturated heterocycles. The van der Waals surface area contributed by atoms with Crippen molar-refractivity contribution in [1.29, 1.82) is 0 Å². The van der Waals surface area contributed by atoms with E-state index in [0.717, 1.165) is 34.1 Å². The number of anilines is 1. The number of nitrogens with zero attached hydrogens (tertiary/aromatic N) is 1. The van der Waals surface area contributed by atoms with E-state index in [4.69, 9.17) is 0 Å². The van der Waals surface area contributed by atoms with Crippen LogP contribution in [0.25, 0.3) is 0 Å². The minimum Gasteiger partial charge on any atom is -0.320 e. The van der Waals surface area contributed by atoms with E-state index in [1.807, 2.05) is 19.9 Å². The van der Waals surface area contributed by atoms with Gasteiger partial charge in [0.05, 0.1) is 16.4 Å². The summed E-state index contributed by atoms with van der Waals surface area (Å²) in [6.07, 6.45) is 1.91. The maximum atomic E-state index is 12.6. The van der Waals surface area contributed by atoms with Gasteiger partial charge >= 0.3 is 0 Å². The van der Waals surface area contributed by atoms with Crippen molar-refractivity contribution in [1.82, 2.24) is 4.98 Å². The Morgan fingerprint density at radius 3 is 2.73 bits per heavy atom. The van der Waals surface area contributed by atoms with E-state index in [9.17, 15) is 4.79 Å². The molecular weight excluding hydrogens is 312 g/mol. The van der Waals surface area contributed by atoms with Gasteiger partial charge in [-0.25, -0.2) is 4.98 Å². The van der Waals surface area contributed by atoms with E-state index in [1.165, 1.54) is 16.2 Å². The van der Waals surface area contributed by atoms with E-state index in [-0.39, 0.29) is 5.91 Å². The number of thiazole rings is 1. The minimum absolute atomic E-state index is 0.0288. The van der Waals surface area contributed by atoms with Gasteiger partial charge in [0.2, 0.25) is 0 Å². The Bertz CT molecular complexity index is 643. The molecule has 0 spiro atoms. The Labute approximate surface area is 140 Å². The van der Waals surface area contributed by atoms with Gasteiger partial charge < -0.3 is 5.32 Å². The summed E-state index contributed by atoms with van der Waals surface area (Å²) < 4.78 is 0. The molecule has 0 aliphatic carbocycles. The van der Waals surface area contributed by atoms with Crippen LogP contribution < -0.4 is 5.32 Å². The van der Waals surface area contributed by atoms with Crippen LogP contribution in [-0.4, -0.2) is 10.9 Å². The summed E-state index contributed by atoms with van der Waals surface area (Å²) in [7, 11) is 0. The molecule has 2 rings (SSSR count). The number of aryl methyl sites for hydroxylation is 2. The maximum Gasteiger partial charge on any atom is 0.267 e. The zero-order valence-electron chi connectivity index (χ0n) is 13.9. The van der Waals surface area contributed by atoms with Gasteiger partial charge in [0.15, 0.2) is 0 Å². The Hall–Kier alpha value is -1.20. The van der Waals surface area contributed by atoms with E-state index in [0.29, 0.717) is 11.8 Å². The second kappa shape index (κ2) is 7.38. The van der Waals surface area contributed by atoms with Crippen LogP contribution in [0.15, 0.2) is 11.4 Å². The van der Waals surface area contributed by atoms with Crippen LogP contribution in [0.3, 0.4) is 0 Å². The standard InChI is InChI=1S/C17H24N2OS2/c1-6-13-16(22-12(5)18-13)17(20)19-14-7-8-21-15(14)11(4)9-10(2)3/h7-8,10-11H,6,9H2,1-5H3,(H,19,20). The highest BCUT2D eigenvalue weighted by molar-refractivity contribution is 7.14. The van der Waals surface area contributed by atoms with Gasteiger partial charge in [0.1, 0.15) is 4.88 Å². The Kier molecular flexibility index (Phi) is 5.75. The summed E-state index contributed by atoms with van der Waals surface area (Å²) >= 11 is 3.20. The fourth-order valence-corrected chi connectivity index (χ4v) is 4.51. The van der Waals surface area contributed by atoms with Gasteiger partial charge in [0.25, 0.3) is 5.91 Å². The van der Waals surface area contributed by atoms with Crippen molar-refractivity contribution in [3.8, 4) is 0 Å². The summed E-state index contributed by atoms with van der Waals surface area (Å²) in [5.41, 5.74) is 1.85. The summed E-state index contributed by atoms with van der Waals surface area (Å²) in [5.74, 6) is 1.08. The number of hydrogen-bond donors (Lipinski definition) is 1. The molecule has 2 heterocycles. The third-order valence-corrected chi connectivity index (χ3v) is 5.72. The molecule has 0 bridgehead atoms. The molecule has 0 aliphatic heterocycles. The lowest BCUT2D eigenvalue weighted by atomic mass is 9.97. The minimum atomic E-state index is -0.0288. The molecule has 1 unspecified atom stereocenters. The van der Waals surface area contributed by atoms with Gasteiger partial charge in [-0.15, -0.1) is 22.7 Å². The number of hydrogen-bond acceptors (Lipinski definition) is 4. The van der Waals surface area contributed by atoms with E-state index < -0.39 is 0 Å². The van der Waals surface area contributed by atoms with Gasteiger partial charge in [0, 0.05) is 4.88 Å². The second-order valence-electron chi connectivity index (χ2n) is 6.05. The first-order valence-electron chi connectivity index (χ1n) is 7.77. The van der Waals surface area contributed by atoms with Crippen LogP contribution in [0.1, 0.15) is 65.3 Å². The predicted octanol–water partition coefficient (Wildman–Crippen LogP) is 5.48. The predicted molar refractivity (Wildman–Crippen MR) is 96.4 cm³/mol. The summed E-state index contributed by atoms with van der Waals surface area (Å²) in [5, 5.41) is 6.09. The zero-order valence-corrected chi connectivity index (χ0v) is 15.5. The maximum absolute atomic E-state index is 12.6. The van der Waals surface area contributed by atoms with Crippen LogP contribution >= 0.6 is 22.7 Å². The molecular formula is C17H24N2OS2. The van der Waals surface area contributed by atoms with Crippen molar-refractivity contribution in [3.63, 3.8) is 0 Å². The van der Waals surface area contributed by atoms with Gasteiger partial charge in [-0.1, -0.05) is 27.7 Å². The quantitative estimate of drug-likeness (QED) is 0.759. The molecule has 22 heavy (non-hydrogen) atoms. The average molecular weight is 337 g/mol. The highest BCUT2D eigenvalue weighted by Crippen LogP contribution is 2.34. The number of amides is 1. The number of carbonyl (C=O) groups excluding carboxylic acids is 1. The molecule has 0 fully saturated rings. The molecule has 5 heteroatoms. The van der Waals surface area contributed by atoms with Crippen LogP contribution in [0, 0.1) is 12.8 Å². The van der Waals surface area contributed by atoms with Crippen molar-refractivity contribution in [3.05, 3.63) is 31.9 Å². The zero-order chi connectivity index (χ0) is 16.3. The largest absolute Gasteiger partial charge is 0.320 e. The second-order valence-corrected chi connectivity index (χ2v) is 8.20. The molecule has 3 nitrogen and oxygen atoms in total. The van der Waals surface area contributed by atoms with Crippen LogP contribution in [-0.2, 0) is 6.42 Å². The lowest BCUT2D eigenvalue weighted by molar-refractivity contribution is 0.102. The molecule has 0 aromatic carbocycles. The molecule has 2 aromatic heterocycles. The van der Waals surface area contributed by atoms with Crippen molar-refractivity contribution >= 4 is 34.3 Å². The Balaban J connectivity index is 2.17. The van der Waals surface area contributed by atoms with Crippen LogP contribution in [0.5, 0.6) is 0 Å². The third-order valence-electron chi connectivity index (χ3n) is 3.56. The summed E-state index contributed by atoms with van der Waals surface area (Å²) in [6, 6.07) is 2.01. The van der Waals surface area contributed by atoms with E-state index in [1.54, 1.807) is 11.3 Å². The van der Waals surface area contributed by atoms with Crippen molar-refractivity contribution < 1.29 is 4.79 Å². The topological polar surface area (TPSA) is 42.0 Å². The lowest BCUT2D eigenvalue weighted by Crippen LogP contribution is -2.13. The fourth-order valence-electron chi connectivity index (χ4n) is 2.69. The highest BCUT2D eigenvalue weighted by Gasteiger charge is 2.19. The van der Waals surface area contributed by atoms with Gasteiger partial charge in [-0.05, 0) is 43.0 Å². The number of carbonyl (C=O) groups is 1. The molecule has 120 valence electrons. The Morgan fingerprint density at radius 2 is 2.09 bits per heavy atom. The van der Waals surface area contributed by atoms with Crippen molar-refractivity contribution in [2.75, 3.05) is 5.32 Å². The first-order chi connectivity index (χ1) is 10.4. The Morgan fingerprint density at radius 1 is 1.36 bits per heavy atom. The van der Waals surface area contributed by atoms with Crippen molar-refractivity contribution in [2.24, 2.45) is 5.92 Å². The van der Waals surface area contributed by atoms with Gasteiger partial charge in [-0.3, -0.25) is 4.79 Å². The number of aromatic nitrogens is 1. The molecule has 1 amide bonds. The fraction of sp³-hybridized carbons (Fsp3) is 0.529. The monoisotopic (exact) mass is 336 g/mol. The SMILES string of the molecule is CCc1nc(C)sc1C(=O)Nc1ccsc1C(C)CC(C)C. The molecule has 0 saturated carbocycles. The first-order valence-corrected chi connectivity index (χ1v) is 9.47. The van der Waals surface area contributed by atoms with Crippen molar-refractivity contribution in [2.45, 2.75) is 53.4 Å². The number of nitrogens with one attached hydrogen (secondary N) is 1. The summed E-state index contributed by atoms with van der Waals surface area (Å²) in [6.45, 7) is 10.7. The number of thiophene rings is 1. The van der Waals surface area contributed by atoms with Crippen LogP contribution in [0.2, 0.25) is 0 Å². The smallest absolute Gasteiger partial charge is 0.267 e.